The fraction of sp³-hybridized carbons (Fsp3) is 0.500. The fourth-order valence-electron chi connectivity index (χ4n) is 1.41. The number of carbonyl (C=O) groups is 2. The molecule has 1 aromatic heterocycles. The van der Waals surface area contributed by atoms with Crippen molar-refractivity contribution in [2.75, 3.05) is 6.54 Å². The highest BCUT2D eigenvalue weighted by Crippen LogP contribution is 2.20. The summed E-state index contributed by atoms with van der Waals surface area (Å²) in [4.78, 5) is 23.0. The van der Waals surface area contributed by atoms with E-state index < -0.39 is 5.97 Å². The molecule has 0 aliphatic heterocycles. The minimum absolute atomic E-state index is 0.257. The van der Waals surface area contributed by atoms with Crippen LogP contribution in [0.3, 0.4) is 0 Å². The van der Waals surface area contributed by atoms with Gasteiger partial charge in [-0.1, -0.05) is 18.5 Å². The number of thiophene rings is 1. The molecule has 106 valence electrons. The van der Waals surface area contributed by atoms with Gasteiger partial charge in [-0.2, -0.15) is 0 Å². The Kier molecular flexibility index (Phi) is 6.66. The van der Waals surface area contributed by atoms with E-state index in [0.717, 1.165) is 4.88 Å². The molecule has 0 saturated heterocycles. The third-order valence-electron chi connectivity index (χ3n) is 2.57. The summed E-state index contributed by atoms with van der Waals surface area (Å²) in [5.74, 6) is -1.18. The number of carboxylic acid groups (broad SMARTS) is 1. The number of hydrogen-bond acceptors (Lipinski definition) is 3. The summed E-state index contributed by atoms with van der Waals surface area (Å²) in [6.07, 6.45) is 1.20. The third-order valence-corrected chi connectivity index (χ3v) is 3.80. The highest BCUT2D eigenvalue weighted by atomic mass is 35.5. The molecule has 0 bridgehead atoms. The Hall–Kier alpha value is -1.27. The Morgan fingerprint density at radius 3 is 2.74 bits per heavy atom. The van der Waals surface area contributed by atoms with Gasteiger partial charge in [0.15, 0.2) is 0 Å². The zero-order valence-electron chi connectivity index (χ0n) is 10.6. The third kappa shape index (κ3) is 6.45. The second-order valence-electron chi connectivity index (χ2n) is 4.20. The minimum atomic E-state index is -0.806. The average molecular weight is 305 g/mol. The first-order chi connectivity index (χ1) is 8.99. The first-order valence-electron chi connectivity index (χ1n) is 5.97. The van der Waals surface area contributed by atoms with E-state index in [1.54, 1.807) is 13.0 Å². The number of halogens is 1. The van der Waals surface area contributed by atoms with Crippen LogP contribution in [-0.4, -0.2) is 23.7 Å². The summed E-state index contributed by atoms with van der Waals surface area (Å²) < 4.78 is 0.694. The van der Waals surface area contributed by atoms with Gasteiger partial charge in [0.25, 0.3) is 0 Å². The maximum absolute atomic E-state index is 11.4. The number of nitrogens with one attached hydrogen (secondary N) is 2. The van der Waals surface area contributed by atoms with Crippen LogP contribution in [0.15, 0.2) is 12.1 Å². The van der Waals surface area contributed by atoms with Crippen LogP contribution >= 0.6 is 22.9 Å². The zero-order chi connectivity index (χ0) is 14.3. The van der Waals surface area contributed by atoms with Gasteiger partial charge in [0.2, 0.25) is 0 Å². The summed E-state index contributed by atoms with van der Waals surface area (Å²) in [5.41, 5.74) is 0. The van der Waals surface area contributed by atoms with Crippen LogP contribution in [0.25, 0.3) is 0 Å². The molecule has 0 spiro atoms. The highest BCUT2D eigenvalue weighted by molar-refractivity contribution is 7.16. The number of aliphatic carboxylic acids is 1. The van der Waals surface area contributed by atoms with Crippen molar-refractivity contribution >= 4 is 34.9 Å². The number of rotatable bonds is 7. The Balaban J connectivity index is 2.10. The summed E-state index contributed by atoms with van der Waals surface area (Å²) >= 11 is 7.20. The molecule has 3 N–H and O–H groups in total. The summed E-state index contributed by atoms with van der Waals surface area (Å²) in [6, 6.07) is 3.39. The van der Waals surface area contributed by atoms with Crippen molar-refractivity contribution in [3.8, 4) is 0 Å². The Morgan fingerprint density at radius 2 is 2.16 bits per heavy atom. The lowest BCUT2D eigenvalue weighted by Crippen LogP contribution is -2.35. The van der Waals surface area contributed by atoms with E-state index in [-0.39, 0.29) is 11.9 Å². The minimum Gasteiger partial charge on any atom is -0.481 e. The second kappa shape index (κ2) is 8.01. The van der Waals surface area contributed by atoms with E-state index in [0.29, 0.717) is 30.3 Å². The van der Waals surface area contributed by atoms with Crippen molar-refractivity contribution in [3.05, 3.63) is 21.3 Å². The van der Waals surface area contributed by atoms with Gasteiger partial charge in [-0.3, -0.25) is 4.79 Å². The van der Waals surface area contributed by atoms with E-state index in [1.165, 1.54) is 11.3 Å². The number of carboxylic acids is 1. The first kappa shape index (κ1) is 15.8. The summed E-state index contributed by atoms with van der Waals surface area (Å²) in [7, 11) is 0. The largest absolute Gasteiger partial charge is 0.481 e. The van der Waals surface area contributed by atoms with Crippen molar-refractivity contribution < 1.29 is 14.7 Å². The predicted octanol–water partition coefficient (Wildman–Crippen LogP) is 2.70. The Labute approximate surface area is 121 Å². The smallest absolute Gasteiger partial charge is 0.315 e. The van der Waals surface area contributed by atoms with Gasteiger partial charge >= 0.3 is 12.0 Å². The molecule has 19 heavy (non-hydrogen) atoms. The van der Waals surface area contributed by atoms with Crippen molar-refractivity contribution in [2.45, 2.75) is 26.3 Å². The lowest BCUT2D eigenvalue weighted by atomic mass is 10.1. The summed E-state index contributed by atoms with van der Waals surface area (Å²) in [5, 5.41) is 14.1. The van der Waals surface area contributed by atoms with E-state index >= 15 is 0 Å². The molecule has 0 fully saturated rings. The lowest BCUT2D eigenvalue weighted by Gasteiger charge is -2.08. The van der Waals surface area contributed by atoms with Crippen LogP contribution in [0.2, 0.25) is 4.34 Å². The maximum atomic E-state index is 11.4. The van der Waals surface area contributed by atoms with Crippen LogP contribution in [0.1, 0.15) is 24.6 Å². The van der Waals surface area contributed by atoms with Crippen LogP contribution in [0.5, 0.6) is 0 Å². The summed E-state index contributed by atoms with van der Waals surface area (Å²) in [6.45, 7) is 2.56. The standard InChI is InChI=1S/C12H17ClN2O3S/c1-8(11(16)17)3-2-6-14-12(18)15-7-9-4-5-10(13)19-9/h4-5,8H,2-3,6-7H2,1H3,(H,16,17)(H2,14,15,18). The van der Waals surface area contributed by atoms with Crippen LogP contribution < -0.4 is 10.6 Å². The molecule has 0 aromatic carbocycles. The van der Waals surface area contributed by atoms with Gasteiger partial charge in [0.05, 0.1) is 16.8 Å². The average Bonchev–Trinajstić information content (AvgIpc) is 2.77. The van der Waals surface area contributed by atoms with Gasteiger partial charge in [0, 0.05) is 11.4 Å². The quantitative estimate of drug-likeness (QED) is 0.678. The van der Waals surface area contributed by atoms with Crippen LogP contribution in [-0.2, 0) is 11.3 Å². The van der Waals surface area contributed by atoms with Gasteiger partial charge in [-0.05, 0) is 25.0 Å². The molecular weight excluding hydrogens is 288 g/mol. The molecule has 5 nitrogen and oxygen atoms in total. The highest BCUT2D eigenvalue weighted by Gasteiger charge is 2.10. The van der Waals surface area contributed by atoms with E-state index in [2.05, 4.69) is 10.6 Å². The normalized spacial score (nSPS) is 11.9. The molecule has 1 heterocycles. The first-order valence-corrected chi connectivity index (χ1v) is 7.17. The second-order valence-corrected chi connectivity index (χ2v) is 6.00. The number of amides is 2. The molecular formula is C12H17ClN2O3S. The predicted molar refractivity (Wildman–Crippen MR) is 75.6 cm³/mol. The fourth-order valence-corrected chi connectivity index (χ4v) is 2.44. The van der Waals surface area contributed by atoms with Crippen molar-refractivity contribution in [1.82, 2.24) is 10.6 Å². The molecule has 1 atom stereocenters. The van der Waals surface area contributed by atoms with Crippen LogP contribution in [0.4, 0.5) is 4.79 Å². The number of hydrogen-bond donors (Lipinski definition) is 3. The number of urea groups is 1. The maximum Gasteiger partial charge on any atom is 0.315 e. The zero-order valence-corrected chi connectivity index (χ0v) is 12.2. The van der Waals surface area contributed by atoms with E-state index in [1.807, 2.05) is 6.07 Å². The van der Waals surface area contributed by atoms with Crippen LogP contribution in [0, 0.1) is 5.92 Å². The topological polar surface area (TPSA) is 78.4 Å². The number of carbonyl (C=O) groups excluding carboxylic acids is 1. The van der Waals surface area contributed by atoms with Gasteiger partial charge in [-0.15, -0.1) is 11.3 Å². The SMILES string of the molecule is CC(CCCNC(=O)NCc1ccc(Cl)s1)C(=O)O. The molecule has 0 radical (unpaired) electrons. The monoisotopic (exact) mass is 304 g/mol. The Morgan fingerprint density at radius 1 is 1.42 bits per heavy atom. The van der Waals surface area contributed by atoms with Gasteiger partial charge in [0.1, 0.15) is 0 Å². The van der Waals surface area contributed by atoms with E-state index in [4.69, 9.17) is 16.7 Å². The Bertz CT molecular complexity index is 436. The van der Waals surface area contributed by atoms with Gasteiger partial charge in [-0.25, -0.2) is 4.79 Å². The van der Waals surface area contributed by atoms with Gasteiger partial charge < -0.3 is 15.7 Å². The molecule has 0 aliphatic rings. The molecule has 1 unspecified atom stereocenters. The van der Waals surface area contributed by atoms with Crippen molar-refractivity contribution in [1.29, 1.82) is 0 Å². The molecule has 7 heteroatoms. The van der Waals surface area contributed by atoms with E-state index in [9.17, 15) is 9.59 Å². The molecule has 2 amide bonds. The molecule has 0 aliphatic carbocycles. The molecule has 1 rings (SSSR count). The van der Waals surface area contributed by atoms with Crippen molar-refractivity contribution in [3.63, 3.8) is 0 Å². The molecule has 0 saturated carbocycles. The molecule has 1 aromatic rings. The van der Waals surface area contributed by atoms with Crippen molar-refractivity contribution in [2.24, 2.45) is 5.92 Å². The lowest BCUT2D eigenvalue weighted by molar-refractivity contribution is -0.141.